The van der Waals surface area contributed by atoms with E-state index in [1.54, 1.807) is 16.8 Å². The molecule has 0 saturated carbocycles. The molecule has 8 heteroatoms. The van der Waals surface area contributed by atoms with Crippen molar-refractivity contribution >= 4 is 22.5 Å². The first-order valence-corrected chi connectivity index (χ1v) is 12.7. The van der Waals surface area contributed by atoms with E-state index in [0.717, 1.165) is 98.6 Å². The molecule has 2 aromatic heterocycles. The zero-order valence-corrected chi connectivity index (χ0v) is 20.3. The van der Waals surface area contributed by atoms with Gasteiger partial charge >= 0.3 is 0 Å². The molecule has 1 N–H and O–H groups in total. The van der Waals surface area contributed by atoms with Gasteiger partial charge in [0, 0.05) is 60.2 Å². The minimum atomic E-state index is -0.289. The standard InChI is InChI=1S/C28H30FN5O2/c29-21-5-8-23(9-6-21)34-26-4-2-1-3-24(26)27(31-34)28(35)30-22-7-10-25-20(19-22)11-12-33(25)14-13-32-15-17-36-18-16-32/h5-12,19H,1-4,13-18H2,(H,30,35). The van der Waals surface area contributed by atoms with Gasteiger partial charge in [-0.2, -0.15) is 5.10 Å². The lowest BCUT2D eigenvalue weighted by molar-refractivity contribution is 0.0365. The second-order valence-corrected chi connectivity index (χ2v) is 9.56. The van der Waals surface area contributed by atoms with Gasteiger partial charge in [-0.15, -0.1) is 0 Å². The highest BCUT2D eigenvalue weighted by Gasteiger charge is 2.26. The van der Waals surface area contributed by atoms with E-state index >= 15 is 0 Å². The zero-order chi connectivity index (χ0) is 24.5. The van der Waals surface area contributed by atoms with Crippen LogP contribution in [0.25, 0.3) is 16.6 Å². The van der Waals surface area contributed by atoms with Gasteiger partial charge in [-0.3, -0.25) is 9.69 Å². The first-order chi connectivity index (χ1) is 17.7. The maximum absolute atomic E-state index is 13.5. The highest BCUT2D eigenvalue weighted by molar-refractivity contribution is 6.05. The number of hydrogen-bond donors (Lipinski definition) is 1. The summed E-state index contributed by atoms with van der Waals surface area (Å²) in [6.45, 7) is 5.49. The average molecular weight is 488 g/mol. The van der Waals surface area contributed by atoms with Crippen molar-refractivity contribution in [2.45, 2.75) is 32.2 Å². The van der Waals surface area contributed by atoms with Gasteiger partial charge in [-0.05, 0) is 74.2 Å². The number of amides is 1. The lowest BCUT2D eigenvalue weighted by Gasteiger charge is -2.26. The minimum absolute atomic E-state index is 0.208. The number of benzene rings is 2. The highest BCUT2D eigenvalue weighted by Crippen LogP contribution is 2.28. The molecule has 1 fully saturated rings. The average Bonchev–Trinajstić information content (AvgIpc) is 3.50. The fraction of sp³-hybridized carbons (Fsp3) is 0.357. The van der Waals surface area contributed by atoms with Gasteiger partial charge in [-0.25, -0.2) is 9.07 Å². The van der Waals surface area contributed by atoms with Gasteiger partial charge in [0.2, 0.25) is 0 Å². The van der Waals surface area contributed by atoms with Crippen LogP contribution >= 0.6 is 0 Å². The lowest BCUT2D eigenvalue weighted by Crippen LogP contribution is -2.38. The summed E-state index contributed by atoms with van der Waals surface area (Å²) < 4.78 is 23.0. The molecule has 2 aromatic carbocycles. The molecule has 1 aliphatic heterocycles. The zero-order valence-electron chi connectivity index (χ0n) is 20.3. The summed E-state index contributed by atoms with van der Waals surface area (Å²) in [5.41, 5.74) is 5.17. The van der Waals surface area contributed by atoms with Crippen molar-refractivity contribution in [3.8, 4) is 5.69 Å². The Labute approximate surface area is 209 Å². The van der Waals surface area contributed by atoms with Crippen molar-refractivity contribution < 1.29 is 13.9 Å². The highest BCUT2D eigenvalue weighted by atomic mass is 19.1. The fourth-order valence-electron chi connectivity index (χ4n) is 5.31. The molecular formula is C28H30FN5O2. The summed E-state index contributed by atoms with van der Waals surface area (Å²) in [5, 5.41) is 8.84. The Kier molecular flexibility index (Phi) is 6.29. The molecule has 0 spiro atoms. The fourth-order valence-corrected chi connectivity index (χ4v) is 5.31. The van der Waals surface area contributed by atoms with E-state index in [0.29, 0.717) is 5.69 Å². The van der Waals surface area contributed by atoms with Crippen molar-refractivity contribution in [2.75, 3.05) is 38.2 Å². The SMILES string of the molecule is O=C(Nc1ccc2c(ccn2CCN2CCOCC2)c1)c1nn(-c2ccc(F)cc2)c2c1CCCC2. The van der Waals surface area contributed by atoms with Gasteiger partial charge in [0.1, 0.15) is 5.82 Å². The second-order valence-electron chi connectivity index (χ2n) is 9.56. The molecule has 6 rings (SSSR count). The van der Waals surface area contributed by atoms with Crippen LogP contribution in [0.2, 0.25) is 0 Å². The van der Waals surface area contributed by atoms with Crippen LogP contribution in [0.15, 0.2) is 54.7 Å². The van der Waals surface area contributed by atoms with Crippen LogP contribution in [0, 0.1) is 5.82 Å². The van der Waals surface area contributed by atoms with Crippen LogP contribution in [0.3, 0.4) is 0 Å². The third kappa shape index (κ3) is 4.54. The number of carbonyl (C=O) groups is 1. The molecule has 1 aliphatic carbocycles. The Morgan fingerprint density at radius 2 is 1.81 bits per heavy atom. The summed E-state index contributed by atoms with van der Waals surface area (Å²) >= 11 is 0. The first-order valence-electron chi connectivity index (χ1n) is 12.7. The summed E-state index contributed by atoms with van der Waals surface area (Å²) in [6, 6.07) is 14.4. The molecule has 36 heavy (non-hydrogen) atoms. The molecule has 2 aliphatic rings. The van der Waals surface area contributed by atoms with E-state index in [2.05, 4.69) is 38.2 Å². The molecule has 0 unspecified atom stereocenters. The van der Waals surface area contributed by atoms with Gasteiger partial charge in [0.05, 0.1) is 18.9 Å². The normalized spacial score (nSPS) is 16.2. The number of rotatable bonds is 6. The second kappa shape index (κ2) is 9.87. The van der Waals surface area contributed by atoms with E-state index in [4.69, 9.17) is 4.74 Å². The van der Waals surface area contributed by atoms with Crippen LogP contribution < -0.4 is 5.32 Å². The van der Waals surface area contributed by atoms with Crippen molar-refractivity contribution in [2.24, 2.45) is 0 Å². The molecule has 0 bridgehead atoms. The molecule has 186 valence electrons. The number of morpholine rings is 1. The Hall–Kier alpha value is -3.49. The van der Waals surface area contributed by atoms with Gasteiger partial charge in [0.25, 0.3) is 5.91 Å². The van der Waals surface area contributed by atoms with Gasteiger partial charge in [0.15, 0.2) is 5.69 Å². The summed E-state index contributed by atoms with van der Waals surface area (Å²) in [6.07, 6.45) is 5.88. The van der Waals surface area contributed by atoms with Crippen molar-refractivity contribution in [3.63, 3.8) is 0 Å². The van der Waals surface area contributed by atoms with Crippen LogP contribution in [0.5, 0.6) is 0 Å². The van der Waals surface area contributed by atoms with E-state index in [1.807, 2.05) is 12.1 Å². The molecular weight excluding hydrogens is 457 g/mol. The lowest BCUT2D eigenvalue weighted by atomic mass is 9.95. The molecule has 4 aromatic rings. The van der Waals surface area contributed by atoms with Crippen LogP contribution in [-0.2, 0) is 24.1 Å². The molecule has 0 radical (unpaired) electrons. The molecule has 3 heterocycles. The van der Waals surface area contributed by atoms with Gasteiger partial charge < -0.3 is 14.6 Å². The van der Waals surface area contributed by atoms with E-state index in [-0.39, 0.29) is 11.7 Å². The Balaban J connectivity index is 1.21. The Morgan fingerprint density at radius 3 is 2.64 bits per heavy atom. The number of halogens is 1. The maximum Gasteiger partial charge on any atom is 0.276 e. The van der Waals surface area contributed by atoms with Crippen molar-refractivity contribution in [1.29, 1.82) is 0 Å². The first kappa shape index (κ1) is 22.9. The minimum Gasteiger partial charge on any atom is -0.379 e. The van der Waals surface area contributed by atoms with Crippen molar-refractivity contribution in [1.82, 2.24) is 19.2 Å². The topological polar surface area (TPSA) is 64.3 Å². The number of carbonyl (C=O) groups excluding carboxylic acids is 1. The van der Waals surface area contributed by atoms with Crippen LogP contribution in [0.4, 0.5) is 10.1 Å². The third-order valence-electron chi connectivity index (χ3n) is 7.26. The molecule has 0 atom stereocenters. The predicted molar refractivity (Wildman–Crippen MR) is 137 cm³/mol. The van der Waals surface area contributed by atoms with E-state index in [9.17, 15) is 9.18 Å². The summed E-state index contributed by atoms with van der Waals surface area (Å²) in [7, 11) is 0. The summed E-state index contributed by atoms with van der Waals surface area (Å²) in [4.78, 5) is 15.8. The van der Waals surface area contributed by atoms with E-state index in [1.165, 1.54) is 12.1 Å². The van der Waals surface area contributed by atoms with Gasteiger partial charge in [-0.1, -0.05) is 0 Å². The Morgan fingerprint density at radius 1 is 1.00 bits per heavy atom. The largest absolute Gasteiger partial charge is 0.379 e. The predicted octanol–water partition coefficient (Wildman–Crippen LogP) is 4.43. The maximum atomic E-state index is 13.5. The quantitative estimate of drug-likeness (QED) is 0.437. The monoisotopic (exact) mass is 487 g/mol. The number of fused-ring (bicyclic) bond motifs is 2. The summed E-state index contributed by atoms with van der Waals surface area (Å²) in [5.74, 6) is -0.497. The third-order valence-corrected chi connectivity index (χ3v) is 7.26. The number of hydrogen-bond acceptors (Lipinski definition) is 4. The number of nitrogens with zero attached hydrogens (tertiary/aromatic N) is 4. The molecule has 1 amide bonds. The van der Waals surface area contributed by atoms with Crippen molar-refractivity contribution in [3.05, 3.63) is 77.5 Å². The van der Waals surface area contributed by atoms with Crippen LogP contribution in [0.1, 0.15) is 34.6 Å². The molecule has 7 nitrogen and oxygen atoms in total. The molecule has 1 saturated heterocycles. The number of ether oxygens (including phenoxy) is 1. The Bertz CT molecular complexity index is 1390. The number of aromatic nitrogens is 3. The smallest absolute Gasteiger partial charge is 0.276 e. The van der Waals surface area contributed by atoms with E-state index < -0.39 is 0 Å². The van der Waals surface area contributed by atoms with Crippen LogP contribution in [-0.4, -0.2) is 58.0 Å². The number of nitrogens with one attached hydrogen (secondary N) is 1. The number of anilines is 1.